The summed E-state index contributed by atoms with van der Waals surface area (Å²) < 4.78 is 5.38. The highest BCUT2D eigenvalue weighted by atomic mass is 32.1. The van der Waals surface area contributed by atoms with E-state index in [0.717, 1.165) is 54.0 Å². The van der Waals surface area contributed by atoms with E-state index in [4.69, 9.17) is 4.74 Å². The minimum atomic E-state index is -0.129. The molecule has 1 fully saturated rings. The first-order valence-corrected chi connectivity index (χ1v) is 8.82. The lowest BCUT2D eigenvalue weighted by atomic mass is 10.1. The number of aryl methyl sites for hydroxylation is 1. The number of thiazole rings is 1. The number of carbonyl (C=O) groups excluding carboxylic acids is 1. The minimum absolute atomic E-state index is 0.129. The summed E-state index contributed by atoms with van der Waals surface area (Å²) >= 11 is 1.57. The molecule has 1 aromatic carbocycles. The molecule has 1 N–H and O–H groups in total. The van der Waals surface area contributed by atoms with Crippen molar-refractivity contribution in [1.29, 1.82) is 0 Å². The third kappa shape index (κ3) is 4.74. The highest BCUT2D eigenvalue weighted by Gasteiger charge is 2.13. The Hall–Kier alpha value is -2.02. The van der Waals surface area contributed by atoms with Crippen molar-refractivity contribution in [2.45, 2.75) is 13.5 Å². The maximum absolute atomic E-state index is 12.2. The second kappa shape index (κ2) is 8.19. The standard InChI is InChI=1S/C18H21N3O2S/c1-14-19-12-16(24-14)6-7-18(22)20-17-5-3-2-4-15(17)13-21-8-10-23-11-9-21/h2-7,12H,8-11,13H2,1H3,(H,20,22). The molecular weight excluding hydrogens is 322 g/mol. The van der Waals surface area contributed by atoms with Gasteiger partial charge in [-0.3, -0.25) is 9.69 Å². The number of aromatic nitrogens is 1. The lowest BCUT2D eigenvalue weighted by Gasteiger charge is -2.27. The van der Waals surface area contributed by atoms with Crippen molar-refractivity contribution in [2.75, 3.05) is 31.6 Å². The zero-order valence-corrected chi connectivity index (χ0v) is 14.5. The number of amides is 1. The zero-order valence-electron chi connectivity index (χ0n) is 13.7. The number of hydrogen-bond acceptors (Lipinski definition) is 5. The predicted octanol–water partition coefficient (Wildman–Crippen LogP) is 2.94. The number of nitrogens with one attached hydrogen (secondary N) is 1. The van der Waals surface area contributed by atoms with Crippen LogP contribution in [0.1, 0.15) is 15.4 Å². The van der Waals surface area contributed by atoms with Crippen molar-refractivity contribution < 1.29 is 9.53 Å². The normalized spacial score (nSPS) is 15.7. The van der Waals surface area contributed by atoms with E-state index in [2.05, 4.69) is 21.3 Å². The van der Waals surface area contributed by atoms with Gasteiger partial charge in [-0.1, -0.05) is 18.2 Å². The van der Waals surface area contributed by atoms with E-state index in [1.807, 2.05) is 25.1 Å². The lowest BCUT2D eigenvalue weighted by Crippen LogP contribution is -2.35. The van der Waals surface area contributed by atoms with Crippen LogP contribution in [-0.2, 0) is 16.1 Å². The van der Waals surface area contributed by atoms with Gasteiger partial charge >= 0.3 is 0 Å². The Labute approximate surface area is 146 Å². The summed E-state index contributed by atoms with van der Waals surface area (Å²) in [6.07, 6.45) is 5.12. The van der Waals surface area contributed by atoms with Crippen LogP contribution in [0.15, 0.2) is 36.5 Å². The zero-order chi connectivity index (χ0) is 16.8. The van der Waals surface area contributed by atoms with Gasteiger partial charge in [-0.25, -0.2) is 4.98 Å². The number of nitrogens with zero attached hydrogens (tertiary/aromatic N) is 2. The molecule has 126 valence electrons. The summed E-state index contributed by atoms with van der Waals surface area (Å²) in [5.74, 6) is -0.129. The fourth-order valence-corrected chi connectivity index (χ4v) is 3.26. The van der Waals surface area contributed by atoms with Crippen molar-refractivity contribution in [3.63, 3.8) is 0 Å². The summed E-state index contributed by atoms with van der Waals surface area (Å²) in [5.41, 5.74) is 1.98. The maximum atomic E-state index is 12.2. The van der Waals surface area contributed by atoms with Gasteiger partial charge in [0.1, 0.15) is 0 Å². The molecule has 1 aliphatic rings. The highest BCUT2D eigenvalue weighted by Crippen LogP contribution is 2.18. The van der Waals surface area contributed by atoms with Crippen LogP contribution in [0.2, 0.25) is 0 Å². The first-order chi connectivity index (χ1) is 11.7. The SMILES string of the molecule is Cc1ncc(C=CC(=O)Nc2ccccc2CN2CCOCC2)s1. The average molecular weight is 343 g/mol. The van der Waals surface area contributed by atoms with E-state index >= 15 is 0 Å². The van der Waals surface area contributed by atoms with Crippen molar-refractivity contribution >= 4 is 29.0 Å². The molecule has 6 heteroatoms. The Balaban J connectivity index is 1.63. The Morgan fingerprint density at radius 2 is 2.17 bits per heavy atom. The quantitative estimate of drug-likeness (QED) is 0.848. The topological polar surface area (TPSA) is 54.5 Å². The fraction of sp³-hybridized carbons (Fsp3) is 0.333. The number of rotatable bonds is 5. The van der Waals surface area contributed by atoms with E-state index < -0.39 is 0 Å². The van der Waals surface area contributed by atoms with Gasteiger partial charge < -0.3 is 10.1 Å². The molecule has 5 nitrogen and oxygen atoms in total. The number of anilines is 1. The Morgan fingerprint density at radius 3 is 2.92 bits per heavy atom. The molecule has 0 atom stereocenters. The average Bonchev–Trinajstić information content (AvgIpc) is 3.01. The van der Waals surface area contributed by atoms with Gasteiger partial charge in [0, 0.05) is 42.5 Å². The van der Waals surface area contributed by atoms with Gasteiger partial charge in [0.05, 0.1) is 18.2 Å². The van der Waals surface area contributed by atoms with Crippen LogP contribution in [0, 0.1) is 6.92 Å². The van der Waals surface area contributed by atoms with Crippen LogP contribution >= 0.6 is 11.3 Å². The second-order valence-electron chi connectivity index (χ2n) is 5.65. The molecule has 0 spiro atoms. The Bertz CT molecular complexity index is 721. The summed E-state index contributed by atoms with van der Waals surface area (Å²) in [7, 11) is 0. The smallest absolute Gasteiger partial charge is 0.248 e. The van der Waals surface area contributed by atoms with Crippen molar-refractivity contribution in [3.05, 3.63) is 52.0 Å². The predicted molar refractivity (Wildman–Crippen MR) is 97.1 cm³/mol. The Kier molecular flexibility index (Phi) is 5.74. The van der Waals surface area contributed by atoms with Gasteiger partial charge in [-0.15, -0.1) is 11.3 Å². The molecule has 1 amide bonds. The first-order valence-electron chi connectivity index (χ1n) is 8.00. The number of ether oxygens (including phenoxy) is 1. The number of carbonyl (C=O) groups is 1. The van der Waals surface area contributed by atoms with E-state index in [9.17, 15) is 4.79 Å². The molecular formula is C18H21N3O2S. The third-order valence-corrected chi connectivity index (χ3v) is 4.69. The lowest BCUT2D eigenvalue weighted by molar-refractivity contribution is -0.111. The summed E-state index contributed by atoms with van der Waals surface area (Å²) in [6, 6.07) is 7.94. The molecule has 0 saturated carbocycles. The van der Waals surface area contributed by atoms with Gasteiger partial charge in [-0.2, -0.15) is 0 Å². The molecule has 2 aromatic rings. The van der Waals surface area contributed by atoms with Crippen LogP contribution in [0.5, 0.6) is 0 Å². The van der Waals surface area contributed by atoms with Gasteiger partial charge in [-0.05, 0) is 24.6 Å². The molecule has 0 radical (unpaired) electrons. The molecule has 1 saturated heterocycles. The number of para-hydroxylation sites is 1. The van der Waals surface area contributed by atoms with Gasteiger partial charge in [0.25, 0.3) is 0 Å². The Morgan fingerprint density at radius 1 is 1.38 bits per heavy atom. The number of morpholine rings is 1. The molecule has 0 aliphatic carbocycles. The third-order valence-electron chi connectivity index (χ3n) is 3.81. The summed E-state index contributed by atoms with van der Waals surface area (Å²) in [4.78, 5) is 19.7. The van der Waals surface area contributed by atoms with E-state index in [1.54, 1.807) is 29.7 Å². The van der Waals surface area contributed by atoms with Crippen LogP contribution in [0.25, 0.3) is 6.08 Å². The second-order valence-corrected chi connectivity index (χ2v) is 6.92. The molecule has 2 heterocycles. The van der Waals surface area contributed by atoms with Crippen molar-refractivity contribution in [3.8, 4) is 0 Å². The highest BCUT2D eigenvalue weighted by molar-refractivity contribution is 7.12. The molecule has 1 aromatic heterocycles. The van der Waals surface area contributed by atoms with E-state index in [0.29, 0.717) is 0 Å². The molecule has 24 heavy (non-hydrogen) atoms. The van der Waals surface area contributed by atoms with E-state index in [1.165, 1.54) is 0 Å². The van der Waals surface area contributed by atoms with Crippen LogP contribution in [-0.4, -0.2) is 42.1 Å². The monoisotopic (exact) mass is 343 g/mol. The van der Waals surface area contributed by atoms with Gasteiger partial charge in [0.2, 0.25) is 5.91 Å². The van der Waals surface area contributed by atoms with Crippen molar-refractivity contribution in [2.24, 2.45) is 0 Å². The summed E-state index contributed by atoms with van der Waals surface area (Å²) in [5, 5.41) is 3.97. The van der Waals surface area contributed by atoms with Crippen molar-refractivity contribution in [1.82, 2.24) is 9.88 Å². The van der Waals surface area contributed by atoms with Crippen LogP contribution < -0.4 is 5.32 Å². The molecule has 0 bridgehead atoms. The molecule has 0 unspecified atom stereocenters. The fourth-order valence-electron chi connectivity index (χ4n) is 2.57. The number of benzene rings is 1. The largest absolute Gasteiger partial charge is 0.379 e. The van der Waals surface area contributed by atoms with Crippen LogP contribution in [0.4, 0.5) is 5.69 Å². The molecule has 3 rings (SSSR count). The van der Waals surface area contributed by atoms with E-state index in [-0.39, 0.29) is 5.91 Å². The minimum Gasteiger partial charge on any atom is -0.379 e. The first kappa shape index (κ1) is 16.8. The summed E-state index contributed by atoms with van der Waals surface area (Å²) in [6.45, 7) is 6.15. The van der Waals surface area contributed by atoms with Gasteiger partial charge in [0.15, 0.2) is 0 Å². The maximum Gasteiger partial charge on any atom is 0.248 e. The molecule has 1 aliphatic heterocycles. The van der Waals surface area contributed by atoms with Crippen LogP contribution in [0.3, 0.4) is 0 Å². The number of hydrogen-bond donors (Lipinski definition) is 1.